The first-order valence-corrected chi connectivity index (χ1v) is 7.71. The molecular weight excluding hydrogens is 360 g/mol. The van der Waals surface area contributed by atoms with Crippen molar-refractivity contribution >= 4 is 37.8 Å². The lowest BCUT2D eigenvalue weighted by atomic mass is 10.2. The van der Waals surface area contributed by atoms with Gasteiger partial charge in [0.15, 0.2) is 0 Å². The van der Waals surface area contributed by atoms with Gasteiger partial charge in [-0.05, 0) is 44.0 Å². The molecule has 1 aliphatic rings. The standard InChI is InChI=1S/C13H16Br2N2O/c14-10-6-9(7-11(15)8-10)13(18)17-5-1-4-16-12-2-3-12/h6-8,12,16H,1-5H2,(H,17,18). The maximum absolute atomic E-state index is 11.9. The lowest BCUT2D eigenvalue weighted by Crippen LogP contribution is -2.27. The zero-order valence-corrected chi connectivity index (χ0v) is 13.2. The summed E-state index contributed by atoms with van der Waals surface area (Å²) < 4.78 is 1.80. The fraction of sp³-hybridized carbons (Fsp3) is 0.462. The Hall–Kier alpha value is -0.390. The van der Waals surface area contributed by atoms with Crippen molar-refractivity contribution in [3.05, 3.63) is 32.7 Å². The van der Waals surface area contributed by atoms with Crippen molar-refractivity contribution in [3.63, 3.8) is 0 Å². The summed E-state index contributed by atoms with van der Waals surface area (Å²) in [6.07, 6.45) is 3.58. The maximum Gasteiger partial charge on any atom is 0.251 e. The predicted molar refractivity (Wildman–Crippen MR) is 79.8 cm³/mol. The van der Waals surface area contributed by atoms with Gasteiger partial charge in [-0.25, -0.2) is 0 Å². The molecule has 1 fully saturated rings. The van der Waals surface area contributed by atoms with Crippen molar-refractivity contribution < 1.29 is 4.79 Å². The van der Waals surface area contributed by atoms with Gasteiger partial charge in [-0.15, -0.1) is 0 Å². The third kappa shape index (κ3) is 4.71. The van der Waals surface area contributed by atoms with Gasteiger partial charge in [-0.1, -0.05) is 31.9 Å². The molecule has 0 aliphatic heterocycles. The van der Waals surface area contributed by atoms with Gasteiger partial charge in [0.2, 0.25) is 0 Å². The Kier molecular flexibility index (Phi) is 5.21. The molecule has 0 unspecified atom stereocenters. The topological polar surface area (TPSA) is 41.1 Å². The Labute approximate surface area is 124 Å². The zero-order chi connectivity index (χ0) is 13.0. The molecule has 0 atom stereocenters. The molecule has 3 nitrogen and oxygen atoms in total. The van der Waals surface area contributed by atoms with Crippen molar-refractivity contribution in [1.29, 1.82) is 0 Å². The minimum absolute atomic E-state index is 0.0246. The van der Waals surface area contributed by atoms with E-state index in [2.05, 4.69) is 42.5 Å². The summed E-state index contributed by atoms with van der Waals surface area (Å²) in [5.41, 5.74) is 0.673. The monoisotopic (exact) mass is 374 g/mol. The Morgan fingerprint density at radius 2 is 1.83 bits per heavy atom. The Balaban J connectivity index is 1.72. The van der Waals surface area contributed by atoms with E-state index in [9.17, 15) is 4.79 Å². The number of nitrogens with one attached hydrogen (secondary N) is 2. The minimum atomic E-state index is -0.0246. The molecule has 2 rings (SSSR count). The van der Waals surface area contributed by atoms with Crippen molar-refractivity contribution in [1.82, 2.24) is 10.6 Å². The lowest BCUT2D eigenvalue weighted by molar-refractivity contribution is 0.0953. The number of hydrogen-bond donors (Lipinski definition) is 2. The van der Waals surface area contributed by atoms with E-state index in [1.165, 1.54) is 12.8 Å². The van der Waals surface area contributed by atoms with E-state index in [1.54, 1.807) is 0 Å². The normalized spacial score (nSPS) is 14.6. The predicted octanol–water partition coefficient (Wildman–Crippen LogP) is 3.08. The van der Waals surface area contributed by atoms with Gasteiger partial charge < -0.3 is 10.6 Å². The average molecular weight is 376 g/mol. The second-order valence-corrected chi connectivity index (χ2v) is 6.33. The van der Waals surface area contributed by atoms with Gasteiger partial charge in [-0.3, -0.25) is 4.79 Å². The van der Waals surface area contributed by atoms with E-state index in [0.29, 0.717) is 12.1 Å². The highest BCUT2D eigenvalue weighted by Crippen LogP contribution is 2.20. The van der Waals surface area contributed by atoms with Crippen LogP contribution >= 0.6 is 31.9 Å². The second kappa shape index (κ2) is 6.68. The third-order valence-electron chi connectivity index (χ3n) is 2.77. The van der Waals surface area contributed by atoms with Crippen LogP contribution in [0.15, 0.2) is 27.1 Å². The molecule has 0 radical (unpaired) electrons. The van der Waals surface area contributed by atoms with Crippen LogP contribution in [0, 0.1) is 0 Å². The molecule has 2 N–H and O–H groups in total. The molecule has 1 amide bonds. The second-order valence-electron chi connectivity index (χ2n) is 4.50. The molecule has 1 aromatic rings. The summed E-state index contributed by atoms with van der Waals surface area (Å²) in [7, 11) is 0. The van der Waals surface area contributed by atoms with Crippen LogP contribution in [-0.2, 0) is 0 Å². The van der Waals surface area contributed by atoms with E-state index >= 15 is 0 Å². The van der Waals surface area contributed by atoms with Crippen molar-refractivity contribution in [2.75, 3.05) is 13.1 Å². The van der Waals surface area contributed by atoms with Crippen LogP contribution in [0.1, 0.15) is 29.6 Å². The molecule has 18 heavy (non-hydrogen) atoms. The molecule has 1 aliphatic carbocycles. The smallest absolute Gasteiger partial charge is 0.251 e. The molecule has 0 aromatic heterocycles. The lowest BCUT2D eigenvalue weighted by Gasteiger charge is -2.07. The summed E-state index contributed by atoms with van der Waals surface area (Å²) in [6, 6.07) is 6.29. The summed E-state index contributed by atoms with van der Waals surface area (Å²) in [6.45, 7) is 1.69. The van der Waals surface area contributed by atoms with E-state index in [1.807, 2.05) is 18.2 Å². The Morgan fingerprint density at radius 1 is 1.17 bits per heavy atom. The number of halogens is 2. The molecule has 1 saturated carbocycles. The average Bonchev–Trinajstić information content (AvgIpc) is 3.11. The Morgan fingerprint density at radius 3 is 2.44 bits per heavy atom. The first-order chi connectivity index (χ1) is 8.65. The van der Waals surface area contributed by atoms with Crippen molar-refractivity contribution in [2.24, 2.45) is 0 Å². The highest BCUT2D eigenvalue weighted by Gasteiger charge is 2.19. The van der Waals surface area contributed by atoms with Gasteiger partial charge in [0.05, 0.1) is 0 Å². The summed E-state index contributed by atoms with van der Waals surface area (Å²) >= 11 is 6.75. The largest absolute Gasteiger partial charge is 0.352 e. The van der Waals surface area contributed by atoms with Gasteiger partial charge >= 0.3 is 0 Å². The molecule has 0 heterocycles. The van der Waals surface area contributed by atoms with Gasteiger partial charge in [0, 0.05) is 27.1 Å². The van der Waals surface area contributed by atoms with E-state index in [4.69, 9.17) is 0 Å². The van der Waals surface area contributed by atoms with Crippen LogP contribution in [-0.4, -0.2) is 25.0 Å². The third-order valence-corrected chi connectivity index (χ3v) is 3.69. The fourth-order valence-corrected chi connectivity index (χ4v) is 2.96. The first-order valence-electron chi connectivity index (χ1n) is 6.13. The number of hydrogen-bond acceptors (Lipinski definition) is 2. The van der Waals surface area contributed by atoms with Crippen LogP contribution in [0.5, 0.6) is 0 Å². The van der Waals surface area contributed by atoms with Crippen LogP contribution in [0.4, 0.5) is 0 Å². The van der Waals surface area contributed by atoms with Crippen LogP contribution in [0.25, 0.3) is 0 Å². The number of carbonyl (C=O) groups excluding carboxylic acids is 1. The summed E-state index contributed by atoms with van der Waals surface area (Å²) in [5.74, 6) is -0.0246. The van der Waals surface area contributed by atoms with Crippen molar-refractivity contribution in [3.8, 4) is 0 Å². The number of carbonyl (C=O) groups is 1. The van der Waals surface area contributed by atoms with Crippen molar-refractivity contribution in [2.45, 2.75) is 25.3 Å². The number of amides is 1. The summed E-state index contributed by atoms with van der Waals surface area (Å²) in [4.78, 5) is 11.9. The molecular formula is C13H16Br2N2O. The van der Waals surface area contributed by atoms with E-state index in [-0.39, 0.29) is 5.91 Å². The molecule has 0 spiro atoms. The van der Waals surface area contributed by atoms with Crippen LogP contribution in [0.2, 0.25) is 0 Å². The molecule has 0 saturated heterocycles. The van der Waals surface area contributed by atoms with E-state index < -0.39 is 0 Å². The number of rotatable bonds is 6. The zero-order valence-electron chi connectivity index (χ0n) is 10.0. The number of benzene rings is 1. The molecule has 98 valence electrons. The van der Waals surface area contributed by atoms with Gasteiger partial charge in [-0.2, -0.15) is 0 Å². The Bertz CT molecular complexity index is 413. The SMILES string of the molecule is O=C(NCCCNC1CC1)c1cc(Br)cc(Br)c1. The van der Waals surface area contributed by atoms with Gasteiger partial charge in [0.25, 0.3) is 5.91 Å². The molecule has 0 bridgehead atoms. The quantitative estimate of drug-likeness (QED) is 0.750. The minimum Gasteiger partial charge on any atom is -0.352 e. The molecule has 1 aromatic carbocycles. The highest BCUT2D eigenvalue weighted by molar-refractivity contribution is 9.11. The first kappa shape index (κ1) is 14.0. The highest BCUT2D eigenvalue weighted by atomic mass is 79.9. The fourth-order valence-electron chi connectivity index (χ4n) is 1.67. The summed E-state index contributed by atoms with van der Waals surface area (Å²) in [5, 5.41) is 6.35. The maximum atomic E-state index is 11.9. The van der Waals surface area contributed by atoms with Gasteiger partial charge in [0.1, 0.15) is 0 Å². The molecule has 5 heteroatoms. The van der Waals surface area contributed by atoms with Crippen LogP contribution in [0.3, 0.4) is 0 Å². The van der Waals surface area contributed by atoms with E-state index in [0.717, 1.165) is 28.0 Å². The van der Waals surface area contributed by atoms with Crippen LogP contribution < -0.4 is 10.6 Å².